The SMILES string of the molecule is c1cc2c(cc1CN=C1NN=C(c3ccc4c(c3)CCC4)CS1)OCO2. The van der Waals surface area contributed by atoms with Crippen LogP contribution in [0.15, 0.2) is 46.5 Å². The van der Waals surface area contributed by atoms with Crippen molar-refractivity contribution in [3.63, 3.8) is 0 Å². The van der Waals surface area contributed by atoms with Crippen LogP contribution in [0.1, 0.15) is 28.7 Å². The molecule has 0 saturated heterocycles. The molecular weight excluding hydrogens is 346 g/mol. The zero-order chi connectivity index (χ0) is 17.3. The number of ether oxygens (including phenoxy) is 2. The van der Waals surface area contributed by atoms with E-state index < -0.39 is 0 Å². The van der Waals surface area contributed by atoms with Crippen molar-refractivity contribution >= 4 is 22.6 Å². The Kier molecular flexibility index (Phi) is 4.05. The van der Waals surface area contributed by atoms with Crippen LogP contribution in [-0.2, 0) is 19.4 Å². The highest BCUT2D eigenvalue weighted by atomic mass is 32.2. The zero-order valence-corrected chi connectivity index (χ0v) is 15.1. The van der Waals surface area contributed by atoms with Crippen LogP contribution in [0.4, 0.5) is 0 Å². The highest BCUT2D eigenvalue weighted by Gasteiger charge is 2.17. The van der Waals surface area contributed by atoms with Crippen LogP contribution in [-0.4, -0.2) is 23.4 Å². The second kappa shape index (κ2) is 6.68. The standard InChI is InChI=1S/C20H19N3O2S/c1-2-14-5-6-16(9-15(14)3-1)17-11-26-20(23-22-17)21-10-13-4-7-18-19(8-13)25-12-24-18/h4-9H,1-3,10-12H2,(H,21,23). The first-order valence-electron chi connectivity index (χ1n) is 8.86. The van der Waals surface area contributed by atoms with Crippen LogP contribution < -0.4 is 14.9 Å². The van der Waals surface area contributed by atoms with Crippen LogP contribution in [0.2, 0.25) is 0 Å². The number of hydrazone groups is 1. The minimum atomic E-state index is 0.297. The van der Waals surface area contributed by atoms with Gasteiger partial charge in [0.05, 0.1) is 12.3 Å². The summed E-state index contributed by atoms with van der Waals surface area (Å²) in [4.78, 5) is 4.63. The number of hydrogen-bond donors (Lipinski definition) is 1. The molecule has 2 aromatic rings. The summed E-state index contributed by atoms with van der Waals surface area (Å²) >= 11 is 1.70. The quantitative estimate of drug-likeness (QED) is 0.904. The lowest BCUT2D eigenvalue weighted by Crippen LogP contribution is -2.25. The van der Waals surface area contributed by atoms with Gasteiger partial charge in [-0.2, -0.15) is 5.10 Å². The van der Waals surface area contributed by atoms with Gasteiger partial charge in [0.15, 0.2) is 16.7 Å². The molecular formula is C20H19N3O2S. The van der Waals surface area contributed by atoms with E-state index in [0.717, 1.165) is 33.7 Å². The van der Waals surface area contributed by atoms with Gasteiger partial charge in [0.25, 0.3) is 0 Å². The second-order valence-corrected chi connectivity index (χ2v) is 7.57. The maximum atomic E-state index is 5.41. The minimum Gasteiger partial charge on any atom is -0.454 e. The average molecular weight is 365 g/mol. The number of amidine groups is 1. The van der Waals surface area contributed by atoms with Gasteiger partial charge in [-0.05, 0) is 59.7 Å². The van der Waals surface area contributed by atoms with Crippen molar-refractivity contribution < 1.29 is 9.47 Å². The average Bonchev–Trinajstić information content (AvgIpc) is 3.34. The van der Waals surface area contributed by atoms with E-state index in [1.54, 1.807) is 11.8 Å². The largest absolute Gasteiger partial charge is 0.454 e. The molecule has 1 N–H and O–H groups in total. The summed E-state index contributed by atoms with van der Waals surface area (Å²) < 4.78 is 10.7. The molecule has 2 aliphatic heterocycles. The zero-order valence-electron chi connectivity index (χ0n) is 14.3. The molecule has 2 aromatic carbocycles. The summed E-state index contributed by atoms with van der Waals surface area (Å²) in [5.74, 6) is 2.44. The summed E-state index contributed by atoms with van der Waals surface area (Å²) in [6, 6.07) is 12.7. The Balaban J connectivity index is 1.26. The van der Waals surface area contributed by atoms with E-state index in [9.17, 15) is 0 Å². The Morgan fingerprint density at radius 3 is 2.88 bits per heavy atom. The molecule has 3 aliphatic rings. The first kappa shape index (κ1) is 15.8. The van der Waals surface area contributed by atoms with E-state index in [0.29, 0.717) is 13.3 Å². The van der Waals surface area contributed by atoms with Crippen LogP contribution in [0.5, 0.6) is 11.5 Å². The van der Waals surface area contributed by atoms with Crippen LogP contribution in [0.3, 0.4) is 0 Å². The van der Waals surface area contributed by atoms with Gasteiger partial charge in [-0.25, -0.2) is 0 Å². The van der Waals surface area contributed by atoms with Crippen molar-refractivity contribution in [2.45, 2.75) is 25.8 Å². The predicted octanol–water partition coefficient (Wildman–Crippen LogP) is 3.50. The van der Waals surface area contributed by atoms with Crippen molar-refractivity contribution in [2.75, 3.05) is 12.5 Å². The smallest absolute Gasteiger partial charge is 0.231 e. The van der Waals surface area contributed by atoms with Crippen molar-refractivity contribution in [1.82, 2.24) is 5.43 Å². The fourth-order valence-corrected chi connectivity index (χ4v) is 4.27. The highest BCUT2D eigenvalue weighted by molar-refractivity contribution is 8.14. The van der Waals surface area contributed by atoms with E-state index in [1.807, 2.05) is 18.2 Å². The van der Waals surface area contributed by atoms with Crippen LogP contribution in [0.25, 0.3) is 0 Å². The maximum Gasteiger partial charge on any atom is 0.231 e. The van der Waals surface area contributed by atoms with Crippen molar-refractivity contribution in [3.8, 4) is 11.5 Å². The molecule has 0 aromatic heterocycles. The molecule has 0 radical (unpaired) electrons. The molecule has 2 heterocycles. The molecule has 5 rings (SSSR count). The Bertz CT molecular complexity index is 923. The van der Waals surface area contributed by atoms with E-state index in [-0.39, 0.29) is 0 Å². The van der Waals surface area contributed by atoms with Gasteiger partial charge in [-0.3, -0.25) is 10.4 Å². The molecule has 26 heavy (non-hydrogen) atoms. The monoisotopic (exact) mass is 365 g/mol. The van der Waals surface area contributed by atoms with Gasteiger partial charge in [-0.15, -0.1) is 0 Å². The Morgan fingerprint density at radius 1 is 1.04 bits per heavy atom. The third-order valence-electron chi connectivity index (χ3n) is 4.91. The second-order valence-electron chi connectivity index (χ2n) is 6.61. The molecule has 5 nitrogen and oxygen atoms in total. The fourth-order valence-electron chi connectivity index (χ4n) is 3.50. The number of nitrogens with zero attached hydrogens (tertiary/aromatic N) is 2. The first-order chi connectivity index (χ1) is 12.8. The molecule has 6 heteroatoms. The minimum absolute atomic E-state index is 0.297. The first-order valence-corrected chi connectivity index (χ1v) is 9.84. The predicted molar refractivity (Wildman–Crippen MR) is 104 cm³/mol. The van der Waals surface area contributed by atoms with Gasteiger partial charge in [0.2, 0.25) is 6.79 Å². The molecule has 0 amide bonds. The highest BCUT2D eigenvalue weighted by Crippen LogP contribution is 2.32. The van der Waals surface area contributed by atoms with E-state index in [4.69, 9.17) is 9.47 Å². The third kappa shape index (κ3) is 3.05. The Morgan fingerprint density at radius 2 is 1.96 bits per heavy atom. The lowest BCUT2D eigenvalue weighted by Gasteiger charge is -2.15. The molecule has 0 saturated carbocycles. The lowest BCUT2D eigenvalue weighted by atomic mass is 10.0. The number of aryl methyl sites for hydroxylation is 2. The van der Waals surface area contributed by atoms with E-state index in [2.05, 4.69) is 33.7 Å². The number of rotatable bonds is 3. The van der Waals surface area contributed by atoms with Crippen LogP contribution >= 0.6 is 11.8 Å². The number of thioether (sulfide) groups is 1. The van der Waals surface area contributed by atoms with Gasteiger partial charge in [-0.1, -0.05) is 30.0 Å². The number of fused-ring (bicyclic) bond motifs is 2. The number of nitrogens with one attached hydrogen (secondary N) is 1. The van der Waals surface area contributed by atoms with Crippen molar-refractivity contribution in [2.24, 2.45) is 10.1 Å². The lowest BCUT2D eigenvalue weighted by molar-refractivity contribution is 0.174. The van der Waals surface area contributed by atoms with E-state index in [1.165, 1.54) is 36.0 Å². The Labute approximate surface area is 156 Å². The molecule has 0 bridgehead atoms. The molecule has 0 unspecified atom stereocenters. The number of benzene rings is 2. The molecule has 0 spiro atoms. The molecule has 132 valence electrons. The summed E-state index contributed by atoms with van der Waals surface area (Å²) in [6.45, 7) is 0.889. The van der Waals surface area contributed by atoms with E-state index >= 15 is 0 Å². The van der Waals surface area contributed by atoms with Crippen molar-refractivity contribution in [3.05, 3.63) is 58.7 Å². The van der Waals surface area contributed by atoms with Gasteiger partial charge in [0.1, 0.15) is 0 Å². The van der Waals surface area contributed by atoms with Gasteiger partial charge in [0, 0.05) is 5.75 Å². The summed E-state index contributed by atoms with van der Waals surface area (Å²) in [6.07, 6.45) is 3.68. The van der Waals surface area contributed by atoms with Crippen LogP contribution in [0, 0.1) is 0 Å². The van der Waals surface area contributed by atoms with Gasteiger partial charge < -0.3 is 9.47 Å². The molecule has 1 aliphatic carbocycles. The normalized spacial score (nSPS) is 19.2. The number of hydrogen-bond acceptors (Lipinski definition) is 5. The topological polar surface area (TPSA) is 55.2 Å². The summed E-state index contributed by atoms with van der Waals surface area (Å²) in [5, 5.41) is 5.40. The Hall–Kier alpha value is -2.47. The number of aliphatic imine (C=N–C) groups is 1. The molecule has 0 atom stereocenters. The third-order valence-corrected chi connectivity index (χ3v) is 5.82. The molecule has 0 fully saturated rings. The summed E-state index contributed by atoms with van der Waals surface area (Å²) in [7, 11) is 0. The van der Waals surface area contributed by atoms with Gasteiger partial charge >= 0.3 is 0 Å². The summed E-state index contributed by atoms with van der Waals surface area (Å²) in [5.41, 5.74) is 9.49. The maximum absolute atomic E-state index is 5.41. The van der Waals surface area contributed by atoms with Crippen molar-refractivity contribution in [1.29, 1.82) is 0 Å². The fraction of sp³-hybridized carbons (Fsp3) is 0.300.